The number of aliphatic carboxylic acids is 1. The smallest absolute Gasteiger partial charge is 0.316 e. The van der Waals surface area contributed by atoms with Crippen LogP contribution in [-0.2, 0) is 9.59 Å². The third kappa shape index (κ3) is 4.89. The number of thioether (sulfide) groups is 1. The summed E-state index contributed by atoms with van der Waals surface area (Å²) in [5.74, 6) is -0.937. The van der Waals surface area contributed by atoms with Gasteiger partial charge in [-0.05, 0) is 25.5 Å². The molecule has 0 bridgehead atoms. The molecular weight excluding hydrogens is 274 g/mol. The van der Waals surface area contributed by atoms with Crippen LogP contribution in [0.2, 0.25) is 0 Å². The van der Waals surface area contributed by atoms with Crippen molar-refractivity contribution in [1.82, 2.24) is 0 Å². The van der Waals surface area contributed by atoms with Crippen LogP contribution in [0.5, 0.6) is 0 Å². The predicted molar refractivity (Wildman–Crippen MR) is 82.1 cm³/mol. The predicted octanol–water partition coefficient (Wildman–Crippen LogP) is 3.63. The molecule has 0 spiro atoms. The van der Waals surface area contributed by atoms with Gasteiger partial charge >= 0.3 is 5.97 Å². The van der Waals surface area contributed by atoms with Crippen molar-refractivity contribution in [3.05, 3.63) is 24.3 Å². The summed E-state index contributed by atoms with van der Waals surface area (Å²) in [5.41, 5.74) is 0.679. The molecule has 0 aliphatic rings. The highest BCUT2D eigenvalue weighted by atomic mass is 32.2. The zero-order valence-electron chi connectivity index (χ0n) is 12.1. The Labute approximate surface area is 124 Å². The van der Waals surface area contributed by atoms with Gasteiger partial charge in [-0.15, -0.1) is 11.8 Å². The maximum Gasteiger partial charge on any atom is 0.316 e. The van der Waals surface area contributed by atoms with Gasteiger partial charge in [0, 0.05) is 10.8 Å². The number of anilines is 1. The monoisotopic (exact) mass is 295 g/mol. The van der Waals surface area contributed by atoms with Crippen molar-refractivity contribution >= 4 is 29.3 Å². The fraction of sp³-hybridized carbons (Fsp3) is 0.467. The third-order valence-corrected chi connectivity index (χ3v) is 4.13. The Morgan fingerprint density at radius 3 is 2.55 bits per heavy atom. The molecule has 20 heavy (non-hydrogen) atoms. The van der Waals surface area contributed by atoms with Gasteiger partial charge in [-0.2, -0.15) is 0 Å². The van der Waals surface area contributed by atoms with Crippen LogP contribution in [0.15, 0.2) is 29.2 Å². The van der Waals surface area contributed by atoms with Gasteiger partial charge in [0.2, 0.25) is 5.91 Å². The van der Waals surface area contributed by atoms with E-state index in [0.29, 0.717) is 5.69 Å². The first kappa shape index (κ1) is 16.6. The summed E-state index contributed by atoms with van der Waals surface area (Å²) in [4.78, 5) is 23.7. The summed E-state index contributed by atoms with van der Waals surface area (Å²) in [7, 11) is 0. The van der Waals surface area contributed by atoms with Crippen molar-refractivity contribution in [3.8, 4) is 0 Å². The Morgan fingerprint density at radius 2 is 1.95 bits per heavy atom. The van der Waals surface area contributed by atoms with E-state index in [0.717, 1.165) is 17.7 Å². The van der Waals surface area contributed by atoms with Crippen molar-refractivity contribution in [3.63, 3.8) is 0 Å². The zero-order valence-corrected chi connectivity index (χ0v) is 12.9. The van der Waals surface area contributed by atoms with Crippen molar-refractivity contribution in [2.75, 3.05) is 5.32 Å². The highest BCUT2D eigenvalue weighted by molar-refractivity contribution is 8.00. The Hall–Kier alpha value is -1.49. The van der Waals surface area contributed by atoms with Gasteiger partial charge in [-0.25, -0.2) is 0 Å². The lowest BCUT2D eigenvalue weighted by atomic mass is 10.1. The number of hydrogen-bond donors (Lipinski definition) is 2. The highest BCUT2D eigenvalue weighted by Gasteiger charge is 2.17. The van der Waals surface area contributed by atoms with E-state index in [9.17, 15) is 9.59 Å². The van der Waals surface area contributed by atoms with Gasteiger partial charge in [0.25, 0.3) is 0 Å². The van der Waals surface area contributed by atoms with E-state index in [1.165, 1.54) is 11.8 Å². The van der Waals surface area contributed by atoms with Gasteiger partial charge < -0.3 is 10.4 Å². The first-order chi connectivity index (χ1) is 9.45. The minimum absolute atomic E-state index is 0.0251. The molecule has 2 atom stereocenters. The van der Waals surface area contributed by atoms with Gasteiger partial charge in [-0.3, -0.25) is 9.59 Å². The van der Waals surface area contributed by atoms with E-state index < -0.39 is 11.2 Å². The fourth-order valence-electron chi connectivity index (χ4n) is 1.73. The van der Waals surface area contributed by atoms with E-state index in [1.54, 1.807) is 13.0 Å². The molecule has 4 nitrogen and oxygen atoms in total. The summed E-state index contributed by atoms with van der Waals surface area (Å²) in [6.07, 6.45) is 1.80. The molecular formula is C15H21NO3S. The van der Waals surface area contributed by atoms with Crippen LogP contribution in [0.25, 0.3) is 0 Å². The SMILES string of the molecule is CCC[C@H](C)C(=O)Nc1ccccc1S[C@H](C)C(=O)O. The number of carbonyl (C=O) groups excluding carboxylic acids is 1. The molecule has 0 unspecified atom stereocenters. The normalized spacial score (nSPS) is 13.6. The van der Waals surface area contributed by atoms with Gasteiger partial charge in [0.1, 0.15) is 5.25 Å². The minimum atomic E-state index is -0.865. The van der Waals surface area contributed by atoms with Gasteiger partial charge in [0.05, 0.1) is 5.69 Å². The average molecular weight is 295 g/mol. The Morgan fingerprint density at radius 1 is 1.30 bits per heavy atom. The summed E-state index contributed by atoms with van der Waals surface area (Å²) in [6, 6.07) is 7.29. The molecule has 0 radical (unpaired) electrons. The van der Waals surface area contributed by atoms with Crippen molar-refractivity contribution in [1.29, 1.82) is 0 Å². The quantitative estimate of drug-likeness (QED) is 0.754. The van der Waals surface area contributed by atoms with Crippen LogP contribution in [0.3, 0.4) is 0 Å². The number of amides is 1. The van der Waals surface area contributed by atoms with Crippen LogP contribution >= 0.6 is 11.8 Å². The molecule has 0 fully saturated rings. The Kier molecular flexibility index (Phi) is 6.58. The summed E-state index contributed by atoms with van der Waals surface area (Å²) >= 11 is 1.23. The molecule has 1 aromatic carbocycles. The Bertz CT molecular complexity index is 476. The average Bonchev–Trinajstić information content (AvgIpc) is 2.40. The second-order valence-electron chi connectivity index (χ2n) is 4.77. The molecule has 5 heteroatoms. The zero-order chi connectivity index (χ0) is 15.1. The number of carboxylic acid groups (broad SMARTS) is 1. The summed E-state index contributed by atoms with van der Waals surface area (Å²) < 4.78 is 0. The van der Waals surface area contributed by atoms with Gasteiger partial charge in [-0.1, -0.05) is 32.4 Å². The number of carboxylic acids is 1. The first-order valence-corrected chi connectivity index (χ1v) is 7.63. The highest BCUT2D eigenvalue weighted by Crippen LogP contribution is 2.30. The molecule has 0 saturated heterocycles. The largest absolute Gasteiger partial charge is 0.480 e. The summed E-state index contributed by atoms with van der Waals surface area (Å²) in [6.45, 7) is 5.57. The Balaban J connectivity index is 2.80. The van der Waals surface area contributed by atoms with E-state index in [2.05, 4.69) is 5.32 Å². The number of hydrogen-bond acceptors (Lipinski definition) is 3. The number of rotatable bonds is 7. The molecule has 110 valence electrons. The first-order valence-electron chi connectivity index (χ1n) is 6.75. The van der Waals surface area contributed by atoms with E-state index in [1.807, 2.05) is 32.0 Å². The summed E-state index contributed by atoms with van der Waals surface area (Å²) in [5, 5.41) is 11.3. The van der Waals surface area contributed by atoms with Crippen LogP contribution in [0, 0.1) is 5.92 Å². The molecule has 0 saturated carbocycles. The maximum absolute atomic E-state index is 12.0. The lowest BCUT2D eigenvalue weighted by Gasteiger charge is -2.15. The van der Waals surface area contributed by atoms with Crippen LogP contribution in [0.1, 0.15) is 33.6 Å². The van der Waals surface area contributed by atoms with E-state index in [-0.39, 0.29) is 11.8 Å². The molecule has 1 rings (SSSR count). The standard InChI is InChI=1S/C15H21NO3S/c1-4-7-10(2)14(17)16-12-8-5-6-9-13(12)20-11(3)15(18)19/h5-6,8-11H,4,7H2,1-3H3,(H,16,17)(H,18,19)/t10-,11+/m0/s1. The molecule has 0 heterocycles. The fourth-order valence-corrected chi connectivity index (χ4v) is 2.62. The molecule has 1 aromatic rings. The van der Waals surface area contributed by atoms with Crippen LogP contribution in [0.4, 0.5) is 5.69 Å². The topological polar surface area (TPSA) is 66.4 Å². The number of benzene rings is 1. The molecule has 0 aliphatic carbocycles. The molecule has 0 aromatic heterocycles. The van der Waals surface area contributed by atoms with Crippen molar-refractivity contribution in [2.24, 2.45) is 5.92 Å². The molecule has 1 amide bonds. The molecule has 2 N–H and O–H groups in total. The van der Waals surface area contributed by atoms with Crippen LogP contribution < -0.4 is 5.32 Å². The second kappa shape index (κ2) is 7.94. The van der Waals surface area contributed by atoms with Crippen molar-refractivity contribution in [2.45, 2.75) is 43.8 Å². The molecule has 0 aliphatic heterocycles. The van der Waals surface area contributed by atoms with E-state index in [4.69, 9.17) is 5.11 Å². The van der Waals surface area contributed by atoms with Gasteiger partial charge in [0.15, 0.2) is 0 Å². The van der Waals surface area contributed by atoms with Crippen molar-refractivity contribution < 1.29 is 14.7 Å². The minimum Gasteiger partial charge on any atom is -0.480 e. The maximum atomic E-state index is 12.0. The lowest BCUT2D eigenvalue weighted by molar-refractivity contribution is -0.136. The third-order valence-electron chi connectivity index (χ3n) is 2.97. The number of para-hydroxylation sites is 1. The van der Waals surface area contributed by atoms with E-state index >= 15 is 0 Å². The van der Waals surface area contributed by atoms with Crippen LogP contribution in [-0.4, -0.2) is 22.2 Å². The number of carbonyl (C=O) groups is 2. The number of nitrogens with one attached hydrogen (secondary N) is 1. The second-order valence-corrected chi connectivity index (χ2v) is 6.16. The lowest BCUT2D eigenvalue weighted by Crippen LogP contribution is -2.21.